The number of guanidine groups is 1. The molecular formula is C16H14N4O2. The summed E-state index contributed by atoms with van der Waals surface area (Å²) < 4.78 is 0. The summed E-state index contributed by atoms with van der Waals surface area (Å²) in [6, 6.07) is 9.99. The lowest BCUT2D eigenvalue weighted by atomic mass is 9.95. The number of hydrogen-bond acceptors (Lipinski definition) is 2. The standard InChI is InChI=1S/C16H14N4O2/c1-9-4-3-5-10(8-9)13-11(19-2)6-7-12(21)14(13)15(22)20-16(17)18/h3-8,21H,1H3,(H4,17,18,20,22). The van der Waals surface area contributed by atoms with Crippen LogP contribution in [0.1, 0.15) is 15.9 Å². The summed E-state index contributed by atoms with van der Waals surface area (Å²) in [5.74, 6) is -1.48. The van der Waals surface area contributed by atoms with Gasteiger partial charge in [0.1, 0.15) is 5.75 Å². The molecule has 6 heteroatoms. The van der Waals surface area contributed by atoms with Gasteiger partial charge < -0.3 is 16.6 Å². The van der Waals surface area contributed by atoms with Crippen molar-refractivity contribution in [3.05, 3.63) is 58.9 Å². The van der Waals surface area contributed by atoms with Crippen LogP contribution in [0.3, 0.4) is 0 Å². The second-order valence-electron chi connectivity index (χ2n) is 4.68. The van der Waals surface area contributed by atoms with E-state index in [1.165, 1.54) is 12.1 Å². The van der Waals surface area contributed by atoms with Crippen molar-refractivity contribution in [3.63, 3.8) is 0 Å². The molecule has 2 aromatic carbocycles. The molecule has 0 aliphatic carbocycles. The quantitative estimate of drug-likeness (QED) is 0.449. The van der Waals surface area contributed by atoms with Crippen LogP contribution in [0.25, 0.3) is 16.0 Å². The Kier molecular flexibility index (Phi) is 4.09. The molecule has 5 N–H and O–H groups in total. The molecule has 6 nitrogen and oxygen atoms in total. The van der Waals surface area contributed by atoms with Gasteiger partial charge in [-0.25, -0.2) is 4.85 Å². The van der Waals surface area contributed by atoms with Gasteiger partial charge in [-0.15, -0.1) is 0 Å². The Morgan fingerprint density at radius 1 is 1.27 bits per heavy atom. The van der Waals surface area contributed by atoms with Gasteiger partial charge in [0.05, 0.1) is 12.1 Å². The van der Waals surface area contributed by atoms with E-state index >= 15 is 0 Å². The fourth-order valence-corrected chi connectivity index (χ4v) is 2.16. The SMILES string of the molecule is [C-]#[N+]c1ccc(O)c(C(=O)N=C(N)N)c1-c1cccc(C)c1. The number of amides is 1. The number of aliphatic imine (C=N–C) groups is 1. The fraction of sp³-hybridized carbons (Fsp3) is 0.0625. The van der Waals surface area contributed by atoms with Crippen LogP contribution in [-0.4, -0.2) is 17.0 Å². The molecule has 2 rings (SSSR count). The van der Waals surface area contributed by atoms with Crippen molar-refractivity contribution < 1.29 is 9.90 Å². The summed E-state index contributed by atoms with van der Waals surface area (Å²) in [7, 11) is 0. The molecule has 0 saturated carbocycles. The number of benzene rings is 2. The Labute approximate surface area is 127 Å². The number of phenols is 1. The van der Waals surface area contributed by atoms with E-state index in [9.17, 15) is 9.90 Å². The normalized spacial score (nSPS) is 9.82. The van der Waals surface area contributed by atoms with Crippen molar-refractivity contribution in [2.75, 3.05) is 0 Å². The van der Waals surface area contributed by atoms with Crippen molar-refractivity contribution in [2.24, 2.45) is 16.5 Å². The molecule has 0 aliphatic heterocycles. The predicted molar refractivity (Wildman–Crippen MR) is 84.7 cm³/mol. The van der Waals surface area contributed by atoms with Crippen LogP contribution in [0.2, 0.25) is 0 Å². The molecule has 2 aromatic rings. The monoisotopic (exact) mass is 294 g/mol. The number of phenolic OH excluding ortho intramolecular Hbond substituents is 1. The van der Waals surface area contributed by atoms with Crippen molar-refractivity contribution >= 4 is 17.6 Å². The van der Waals surface area contributed by atoms with Gasteiger partial charge in [-0.1, -0.05) is 35.9 Å². The Morgan fingerprint density at radius 3 is 2.59 bits per heavy atom. The number of carbonyl (C=O) groups is 1. The molecule has 0 saturated heterocycles. The summed E-state index contributed by atoms with van der Waals surface area (Å²) in [4.78, 5) is 19.1. The maximum Gasteiger partial charge on any atom is 0.283 e. The van der Waals surface area contributed by atoms with Crippen LogP contribution in [0.5, 0.6) is 5.75 Å². The summed E-state index contributed by atoms with van der Waals surface area (Å²) >= 11 is 0. The number of carbonyl (C=O) groups excluding carboxylic acids is 1. The maximum atomic E-state index is 12.2. The van der Waals surface area contributed by atoms with E-state index in [4.69, 9.17) is 18.0 Å². The molecule has 0 heterocycles. The largest absolute Gasteiger partial charge is 0.507 e. The molecule has 22 heavy (non-hydrogen) atoms. The number of aryl methyl sites for hydroxylation is 1. The van der Waals surface area contributed by atoms with Crippen molar-refractivity contribution in [3.8, 4) is 16.9 Å². The van der Waals surface area contributed by atoms with Crippen LogP contribution >= 0.6 is 0 Å². The van der Waals surface area contributed by atoms with Gasteiger partial charge in [-0.05, 0) is 18.6 Å². The predicted octanol–water partition coefficient (Wildman–Crippen LogP) is 2.33. The van der Waals surface area contributed by atoms with Crippen LogP contribution in [0.15, 0.2) is 41.4 Å². The van der Waals surface area contributed by atoms with E-state index < -0.39 is 11.9 Å². The van der Waals surface area contributed by atoms with E-state index in [2.05, 4.69) is 9.84 Å². The fourth-order valence-electron chi connectivity index (χ4n) is 2.16. The summed E-state index contributed by atoms with van der Waals surface area (Å²) in [6.07, 6.45) is 0. The average molecular weight is 294 g/mol. The third kappa shape index (κ3) is 2.88. The molecule has 110 valence electrons. The van der Waals surface area contributed by atoms with Gasteiger partial charge in [-0.3, -0.25) is 4.79 Å². The van der Waals surface area contributed by atoms with Gasteiger partial charge >= 0.3 is 0 Å². The zero-order valence-electron chi connectivity index (χ0n) is 11.9. The summed E-state index contributed by atoms with van der Waals surface area (Å²) in [5.41, 5.74) is 12.5. The average Bonchev–Trinajstić information content (AvgIpc) is 2.46. The smallest absolute Gasteiger partial charge is 0.283 e. The Morgan fingerprint density at radius 2 is 2.00 bits per heavy atom. The summed E-state index contributed by atoms with van der Waals surface area (Å²) in [6.45, 7) is 9.17. The maximum absolute atomic E-state index is 12.2. The lowest BCUT2D eigenvalue weighted by molar-refractivity contribution is 0.100. The van der Waals surface area contributed by atoms with Crippen LogP contribution in [0.4, 0.5) is 5.69 Å². The van der Waals surface area contributed by atoms with Gasteiger partial charge in [0.25, 0.3) is 5.91 Å². The zero-order chi connectivity index (χ0) is 16.3. The van der Waals surface area contributed by atoms with Crippen molar-refractivity contribution in [1.29, 1.82) is 0 Å². The first-order chi connectivity index (χ1) is 10.4. The third-order valence-corrected chi connectivity index (χ3v) is 3.03. The molecular weight excluding hydrogens is 280 g/mol. The van der Waals surface area contributed by atoms with E-state index in [-0.39, 0.29) is 17.0 Å². The van der Waals surface area contributed by atoms with Gasteiger partial charge in [0.2, 0.25) is 0 Å². The topological polar surface area (TPSA) is 106 Å². The van der Waals surface area contributed by atoms with Gasteiger partial charge in [0, 0.05) is 5.56 Å². The summed E-state index contributed by atoms with van der Waals surface area (Å²) in [5, 5.41) is 10.1. The number of nitrogens with zero attached hydrogens (tertiary/aromatic N) is 2. The first-order valence-corrected chi connectivity index (χ1v) is 6.38. The molecule has 0 unspecified atom stereocenters. The van der Waals surface area contributed by atoms with Crippen molar-refractivity contribution in [1.82, 2.24) is 0 Å². The molecule has 0 atom stereocenters. The molecule has 0 radical (unpaired) electrons. The second kappa shape index (κ2) is 5.97. The Hall–Kier alpha value is -3.33. The lowest BCUT2D eigenvalue weighted by Crippen LogP contribution is -2.24. The minimum absolute atomic E-state index is 0.0903. The molecule has 1 amide bonds. The highest BCUT2D eigenvalue weighted by Crippen LogP contribution is 2.39. The molecule has 0 fully saturated rings. The van der Waals surface area contributed by atoms with E-state index in [0.29, 0.717) is 11.1 Å². The first kappa shape index (κ1) is 15.1. The highest BCUT2D eigenvalue weighted by molar-refractivity contribution is 6.10. The molecule has 0 bridgehead atoms. The first-order valence-electron chi connectivity index (χ1n) is 6.38. The van der Waals surface area contributed by atoms with Crippen LogP contribution in [-0.2, 0) is 0 Å². The highest BCUT2D eigenvalue weighted by Gasteiger charge is 2.21. The van der Waals surface area contributed by atoms with Crippen molar-refractivity contribution in [2.45, 2.75) is 6.92 Å². The number of rotatable bonds is 2. The number of hydrogen-bond donors (Lipinski definition) is 3. The minimum Gasteiger partial charge on any atom is -0.507 e. The van der Waals surface area contributed by atoms with Crippen LogP contribution in [0, 0.1) is 13.5 Å². The number of aromatic hydroxyl groups is 1. The van der Waals surface area contributed by atoms with Gasteiger partial charge in [-0.2, -0.15) is 4.99 Å². The van der Waals surface area contributed by atoms with E-state index in [0.717, 1.165) is 5.56 Å². The molecule has 0 spiro atoms. The molecule has 0 aliphatic rings. The highest BCUT2D eigenvalue weighted by atomic mass is 16.3. The Balaban J connectivity index is 2.81. The zero-order valence-corrected chi connectivity index (χ0v) is 11.9. The van der Waals surface area contributed by atoms with E-state index in [1.807, 2.05) is 19.1 Å². The van der Waals surface area contributed by atoms with E-state index in [1.54, 1.807) is 12.1 Å². The lowest BCUT2D eigenvalue weighted by Gasteiger charge is -2.12. The number of nitrogens with two attached hydrogens (primary N) is 2. The van der Waals surface area contributed by atoms with Crippen LogP contribution < -0.4 is 11.5 Å². The molecule has 0 aromatic heterocycles. The van der Waals surface area contributed by atoms with Gasteiger partial charge in [0.15, 0.2) is 11.6 Å². The Bertz CT molecular complexity index is 815. The second-order valence-corrected chi connectivity index (χ2v) is 4.68. The minimum atomic E-state index is -0.792. The third-order valence-electron chi connectivity index (χ3n) is 3.03.